The molecule has 1 heterocycles. The quantitative estimate of drug-likeness (QED) is 0.578. The number of carbonyl (C=O) groups excluding carboxylic acids is 2. The molecule has 1 saturated heterocycles. The van der Waals surface area contributed by atoms with Crippen molar-refractivity contribution in [3.05, 3.63) is 63.6 Å². The minimum Gasteiger partial charge on any atom is -0.335 e. The predicted molar refractivity (Wildman–Crippen MR) is 125 cm³/mol. The van der Waals surface area contributed by atoms with E-state index in [1.54, 1.807) is 24.3 Å². The highest BCUT2D eigenvalue weighted by molar-refractivity contribution is 6.34. The number of hydrogen-bond donors (Lipinski definition) is 2. The molecule has 1 aliphatic carbocycles. The highest BCUT2D eigenvalue weighted by Gasteiger charge is 2.36. The summed E-state index contributed by atoms with van der Waals surface area (Å²) in [5.41, 5.74) is 1.86. The Labute approximate surface area is 193 Å². The second-order valence-corrected chi connectivity index (χ2v) is 9.16. The highest BCUT2D eigenvalue weighted by atomic mass is 35.5. The molecule has 2 aromatic carbocycles. The third-order valence-corrected chi connectivity index (χ3v) is 7.04. The summed E-state index contributed by atoms with van der Waals surface area (Å²) in [6.45, 7) is 1.11. The Hall–Kier alpha value is -2.24. The molecule has 0 spiro atoms. The van der Waals surface area contributed by atoms with E-state index in [2.05, 4.69) is 10.6 Å². The fourth-order valence-electron chi connectivity index (χ4n) is 4.79. The fourth-order valence-corrected chi connectivity index (χ4v) is 5.25. The first kappa shape index (κ1) is 22.0. The van der Waals surface area contributed by atoms with Crippen molar-refractivity contribution < 1.29 is 9.59 Å². The lowest BCUT2D eigenvalue weighted by Gasteiger charge is -2.44. The van der Waals surface area contributed by atoms with Gasteiger partial charge in [0.2, 0.25) is 0 Å². The van der Waals surface area contributed by atoms with Crippen LogP contribution in [0, 0.1) is 5.92 Å². The minimum absolute atomic E-state index is 0.00341. The SMILES string of the molecule is O=C(NCc1ccccc1Cl)Nc1ccc(C(=O)N2CCC[C@H]3CCCC[C@H]32)c(Cl)c1. The van der Waals surface area contributed by atoms with Crippen LogP contribution in [0.3, 0.4) is 0 Å². The Morgan fingerprint density at radius 3 is 2.55 bits per heavy atom. The Morgan fingerprint density at radius 1 is 0.968 bits per heavy atom. The molecule has 2 atom stereocenters. The molecular weight excluding hydrogens is 433 g/mol. The van der Waals surface area contributed by atoms with Gasteiger partial charge in [0, 0.05) is 29.8 Å². The van der Waals surface area contributed by atoms with E-state index in [9.17, 15) is 9.59 Å². The van der Waals surface area contributed by atoms with Gasteiger partial charge in [0.25, 0.3) is 5.91 Å². The summed E-state index contributed by atoms with van der Waals surface area (Å²) >= 11 is 12.6. The van der Waals surface area contributed by atoms with Crippen LogP contribution in [-0.4, -0.2) is 29.4 Å². The molecule has 1 aliphatic heterocycles. The topological polar surface area (TPSA) is 61.4 Å². The highest BCUT2D eigenvalue weighted by Crippen LogP contribution is 2.36. The van der Waals surface area contributed by atoms with Gasteiger partial charge in [0.05, 0.1) is 10.6 Å². The van der Waals surface area contributed by atoms with Crippen LogP contribution in [0.25, 0.3) is 0 Å². The van der Waals surface area contributed by atoms with Gasteiger partial charge in [0.15, 0.2) is 0 Å². The largest absolute Gasteiger partial charge is 0.335 e. The molecule has 0 aromatic heterocycles. The van der Waals surface area contributed by atoms with E-state index in [0.29, 0.717) is 39.8 Å². The lowest BCUT2D eigenvalue weighted by Crippen LogP contribution is -2.49. The normalized spacial score (nSPS) is 20.6. The zero-order valence-corrected chi connectivity index (χ0v) is 18.9. The van der Waals surface area contributed by atoms with Gasteiger partial charge >= 0.3 is 6.03 Å². The van der Waals surface area contributed by atoms with Crippen molar-refractivity contribution in [1.82, 2.24) is 10.2 Å². The molecule has 2 fully saturated rings. The molecule has 2 aromatic rings. The maximum atomic E-state index is 13.2. The second-order valence-electron chi connectivity index (χ2n) is 8.35. The van der Waals surface area contributed by atoms with Crippen molar-refractivity contribution in [1.29, 1.82) is 0 Å². The molecule has 164 valence electrons. The summed E-state index contributed by atoms with van der Waals surface area (Å²) in [5.74, 6) is 0.615. The van der Waals surface area contributed by atoms with Crippen LogP contribution in [0.2, 0.25) is 10.0 Å². The third-order valence-electron chi connectivity index (χ3n) is 6.36. The van der Waals surface area contributed by atoms with Gasteiger partial charge in [-0.2, -0.15) is 0 Å². The molecule has 3 amide bonds. The van der Waals surface area contributed by atoms with Gasteiger partial charge in [-0.25, -0.2) is 4.79 Å². The average molecular weight is 460 g/mol. The maximum Gasteiger partial charge on any atom is 0.319 e. The molecule has 31 heavy (non-hydrogen) atoms. The van der Waals surface area contributed by atoms with Crippen molar-refractivity contribution in [3.8, 4) is 0 Å². The number of fused-ring (bicyclic) bond motifs is 1. The standard InChI is InChI=1S/C24H27Cl2N3O2/c25-20-9-3-1-7-17(20)15-27-24(31)28-18-11-12-19(21(26)14-18)23(30)29-13-5-8-16-6-2-4-10-22(16)29/h1,3,7,9,11-12,14,16,22H,2,4-6,8,10,13,15H2,(H2,27,28,31)/t16-,22-/m1/s1. The van der Waals surface area contributed by atoms with E-state index < -0.39 is 0 Å². The number of rotatable bonds is 4. The number of nitrogens with one attached hydrogen (secondary N) is 2. The molecule has 7 heteroatoms. The Morgan fingerprint density at radius 2 is 1.74 bits per heavy atom. The number of piperidine rings is 1. The molecule has 1 saturated carbocycles. The first-order valence-electron chi connectivity index (χ1n) is 10.9. The third kappa shape index (κ3) is 5.16. The number of amides is 3. The molecule has 5 nitrogen and oxygen atoms in total. The molecule has 4 rings (SSSR count). The van der Waals surface area contributed by atoms with Crippen molar-refractivity contribution in [2.75, 3.05) is 11.9 Å². The number of hydrogen-bond acceptors (Lipinski definition) is 2. The van der Waals surface area contributed by atoms with Gasteiger partial charge in [-0.15, -0.1) is 0 Å². The summed E-state index contributed by atoms with van der Waals surface area (Å²) in [4.78, 5) is 27.5. The number of likely N-dealkylation sites (tertiary alicyclic amines) is 1. The molecule has 0 unspecified atom stereocenters. The predicted octanol–water partition coefficient (Wildman–Crippen LogP) is 6.11. The summed E-state index contributed by atoms with van der Waals surface area (Å²) < 4.78 is 0. The zero-order chi connectivity index (χ0) is 21.8. The van der Waals surface area contributed by atoms with Crippen LogP contribution in [0.4, 0.5) is 10.5 Å². The summed E-state index contributed by atoms with van der Waals surface area (Å²) in [7, 11) is 0. The van der Waals surface area contributed by atoms with Gasteiger partial charge in [-0.1, -0.05) is 54.2 Å². The number of urea groups is 1. The van der Waals surface area contributed by atoms with Crippen LogP contribution >= 0.6 is 23.2 Å². The van der Waals surface area contributed by atoms with Gasteiger partial charge < -0.3 is 15.5 Å². The first-order valence-corrected chi connectivity index (χ1v) is 11.7. The van der Waals surface area contributed by atoms with Crippen LogP contribution in [0.1, 0.15) is 54.4 Å². The van der Waals surface area contributed by atoms with Crippen LogP contribution < -0.4 is 10.6 Å². The van der Waals surface area contributed by atoms with E-state index in [-0.39, 0.29) is 11.9 Å². The first-order chi connectivity index (χ1) is 15.0. The lowest BCUT2D eigenvalue weighted by molar-refractivity contribution is 0.0391. The second kappa shape index (κ2) is 9.92. The van der Waals surface area contributed by atoms with Crippen molar-refractivity contribution in [3.63, 3.8) is 0 Å². The summed E-state index contributed by atoms with van der Waals surface area (Å²) in [6, 6.07) is 12.4. The number of nitrogens with zero attached hydrogens (tertiary/aromatic N) is 1. The summed E-state index contributed by atoms with van der Waals surface area (Å²) in [6.07, 6.45) is 7.02. The minimum atomic E-state index is -0.365. The van der Waals surface area contributed by atoms with Crippen LogP contribution in [-0.2, 0) is 6.54 Å². The van der Waals surface area contributed by atoms with Crippen molar-refractivity contribution in [2.24, 2.45) is 5.92 Å². The molecular formula is C24H27Cl2N3O2. The van der Waals surface area contributed by atoms with Gasteiger partial charge in [-0.05, 0) is 61.4 Å². The monoisotopic (exact) mass is 459 g/mol. The maximum absolute atomic E-state index is 13.2. The number of benzene rings is 2. The smallest absolute Gasteiger partial charge is 0.319 e. The van der Waals surface area contributed by atoms with Crippen molar-refractivity contribution in [2.45, 2.75) is 51.1 Å². The van der Waals surface area contributed by atoms with E-state index in [1.807, 2.05) is 23.1 Å². The van der Waals surface area contributed by atoms with E-state index >= 15 is 0 Å². The fraction of sp³-hybridized carbons (Fsp3) is 0.417. The van der Waals surface area contributed by atoms with Crippen molar-refractivity contribution >= 4 is 40.8 Å². The molecule has 2 N–H and O–H groups in total. The Balaban J connectivity index is 1.39. The Kier molecular flexibility index (Phi) is 7.03. The van der Waals surface area contributed by atoms with E-state index in [1.165, 1.54) is 25.7 Å². The number of halogens is 2. The van der Waals surface area contributed by atoms with E-state index in [4.69, 9.17) is 23.2 Å². The number of anilines is 1. The van der Waals surface area contributed by atoms with Gasteiger partial charge in [0.1, 0.15) is 0 Å². The molecule has 0 bridgehead atoms. The lowest BCUT2D eigenvalue weighted by atomic mass is 9.78. The average Bonchev–Trinajstić information content (AvgIpc) is 2.78. The summed E-state index contributed by atoms with van der Waals surface area (Å²) in [5, 5.41) is 6.49. The van der Waals surface area contributed by atoms with Crippen LogP contribution in [0.15, 0.2) is 42.5 Å². The zero-order valence-electron chi connectivity index (χ0n) is 17.4. The number of carbonyl (C=O) groups is 2. The van der Waals surface area contributed by atoms with E-state index in [0.717, 1.165) is 24.9 Å². The Bertz CT molecular complexity index is 964. The van der Waals surface area contributed by atoms with Crippen LogP contribution in [0.5, 0.6) is 0 Å². The molecule has 0 radical (unpaired) electrons. The molecule has 2 aliphatic rings. The van der Waals surface area contributed by atoms with Gasteiger partial charge in [-0.3, -0.25) is 4.79 Å².